The lowest BCUT2D eigenvalue weighted by molar-refractivity contribution is -0.127. The summed E-state index contributed by atoms with van der Waals surface area (Å²) in [4.78, 5) is 17.2. The van der Waals surface area contributed by atoms with E-state index in [0.717, 1.165) is 54.5 Å². The number of Topliss-reactive ketones (excluding diaryl/α,β-unsaturated/α-hetero) is 1. The molecule has 0 aliphatic heterocycles. The van der Waals surface area contributed by atoms with Crippen LogP contribution in [-0.4, -0.2) is 99.7 Å². The number of rotatable bonds is 23. The summed E-state index contributed by atoms with van der Waals surface area (Å²) in [6, 6.07) is 15.1. The van der Waals surface area contributed by atoms with Crippen LogP contribution < -0.4 is 4.74 Å². The zero-order chi connectivity index (χ0) is 38.2. The van der Waals surface area contributed by atoms with Crippen LogP contribution in [-0.2, 0) is 26.7 Å². The van der Waals surface area contributed by atoms with Crippen LogP contribution in [0, 0.1) is 5.92 Å². The molecular formula is C40H53ClN2O9S. The van der Waals surface area contributed by atoms with E-state index in [2.05, 4.69) is 17.1 Å². The molecule has 0 bridgehead atoms. The molecule has 0 spiro atoms. The number of aliphatic hydroxyl groups excluding tert-OH is 5. The quantitative estimate of drug-likeness (QED) is 0.0840. The number of benzene rings is 2. The summed E-state index contributed by atoms with van der Waals surface area (Å²) in [7, 11) is -3.82. The molecule has 4 atom stereocenters. The predicted molar refractivity (Wildman–Crippen MR) is 202 cm³/mol. The van der Waals surface area contributed by atoms with Crippen molar-refractivity contribution in [2.75, 3.05) is 26.3 Å². The minimum Gasteiger partial charge on any atom is -0.490 e. The van der Waals surface area contributed by atoms with Crippen molar-refractivity contribution < 1.29 is 43.5 Å². The molecule has 2 fully saturated rings. The fraction of sp³-hybridized carbons (Fsp3) is 0.550. The van der Waals surface area contributed by atoms with Crippen LogP contribution >= 0.6 is 11.6 Å². The minimum atomic E-state index is -3.82. The van der Waals surface area contributed by atoms with E-state index in [1.807, 2.05) is 30.6 Å². The molecule has 0 unspecified atom stereocenters. The van der Waals surface area contributed by atoms with E-state index in [1.54, 1.807) is 25.1 Å². The average molecular weight is 773 g/mol. The Labute approximate surface area is 317 Å². The van der Waals surface area contributed by atoms with Crippen molar-refractivity contribution in [2.45, 2.75) is 112 Å². The van der Waals surface area contributed by atoms with Gasteiger partial charge in [-0.1, -0.05) is 43.1 Å². The van der Waals surface area contributed by atoms with Gasteiger partial charge in [0.25, 0.3) is 0 Å². The molecule has 11 nitrogen and oxygen atoms in total. The average Bonchev–Trinajstić information content (AvgIpc) is 4.12. The monoisotopic (exact) mass is 772 g/mol. The largest absolute Gasteiger partial charge is 0.490 e. The minimum absolute atomic E-state index is 0.0895. The van der Waals surface area contributed by atoms with Gasteiger partial charge < -0.3 is 30.3 Å². The van der Waals surface area contributed by atoms with Crippen LogP contribution in [0.15, 0.2) is 65.8 Å². The number of nitrogens with zero attached hydrogens (tertiary/aromatic N) is 2. The number of pyridine rings is 1. The molecule has 0 amide bonds. The third-order valence-electron chi connectivity index (χ3n) is 10.6. The second kappa shape index (κ2) is 18.6. The summed E-state index contributed by atoms with van der Waals surface area (Å²) in [5.74, 6) is -0.335. The summed E-state index contributed by atoms with van der Waals surface area (Å²) in [5.41, 5.74) is 4.04. The maximum atomic E-state index is 13.8. The Morgan fingerprint density at radius 1 is 1.00 bits per heavy atom. The Kier molecular flexibility index (Phi) is 14.5. The molecule has 290 valence electrons. The number of halogens is 1. The topological polar surface area (TPSA) is 178 Å². The molecule has 53 heavy (non-hydrogen) atoms. The number of sulfonamides is 1. The number of aromatic nitrogens is 1. The molecule has 2 aliphatic carbocycles. The van der Waals surface area contributed by atoms with Crippen molar-refractivity contribution in [2.24, 2.45) is 5.92 Å². The molecule has 0 radical (unpaired) electrons. The van der Waals surface area contributed by atoms with E-state index in [1.165, 1.54) is 9.87 Å². The van der Waals surface area contributed by atoms with Crippen LogP contribution in [0.25, 0.3) is 11.1 Å². The normalized spacial score (nSPS) is 17.7. The van der Waals surface area contributed by atoms with Gasteiger partial charge in [0.1, 0.15) is 23.7 Å². The number of ether oxygens (including phenoxy) is 1. The Morgan fingerprint density at radius 2 is 1.75 bits per heavy atom. The maximum Gasteiger partial charge on any atom is 0.243 e. The molecule has 1 heterocycles. The van der Waals surface area contributed by atoms with E-state index >= 15 is 0 Å². The molecule has 5 N–H and O–H groups in total. The van der Waals surface area contributed by atoms with Crippen LogP contribution in [0.5, 0.6) is 5.75 Å². The van der Waals surface area contributed by atoms with Crippen molar-refractivity contribution >= 4 is 27.4 Å². The number of aryl methyl sites for hydroxylation is 1. The van der Waals surface area contributed by atoms with Gasteiger partial charge >= 0.3 is 0 Å². The number of hydrogen-bond acceptors (Lipinski definition) is 10. The smallest absolute Gasteiger partial charge is 0.243 e. The van der Waals surface area contributed by atoms with Crippen LogP contribution in [0.1, 0.15) is 82.3 Å². The van der Waals surface area contributed by atoms with Gasteiger partial charge in [-0.3, -0.25) is 9.78 Å². The molecule has 2 aromatic carbocycles. The van der Waals surface area contributed by atoms with Gasteiger partial charge in [0, 0.05) is 61.4 Å². The van der Waals surface area contributed by atoms with E-state index in [9.17, 15) is 33.6 Å². The van der Waals surface area contributed by atoms with Crippen molar-refractivity contribution in [3.63, 3.8) is 0 Å². The Morgan fingerprint density at radius 3 is 2.43 bits per heavy atom. The van der Waals surface area contributed by atoms with Crippen LogP contribution in [0.4, 0.5) is 0 Å². The molecule has 2 saturated carbocycles. The van der Waals surface area contributed by atoms with Crippen LogP contribution in [0.3, 0.4) is 0 Å². The molecule has 1 aromatic heterocycles. The summed E-state index contributed by atoms with van der Waals surface area (Å²) < 4.78 is 35.3. The highest BCUT2D eigenvalue weighted by Crippen LogP contribution is 2.55. The van der Waals surface area contributed by atoms with E-state index in [4.69, 9.17) is 21.4 Å². The number of para-hydroxylation sites is 1. The van der Waals surface area contributed by atoms with Gasteiger partial charge in [-0.05, 0) is 104 Å². The first-order valence-electron chi connectivity index (χ1n) is 18.7. The lowest BCUT2D eigenvalue weighted by Gasteiger charge is -2.27. The molecule has 13 heteroatoms. The van der Waals surface area contributed by atoms with Gasteiger partial charge in [-0.25, -0.2) is 8.42 Å². The number of carbonyl (C=O) groups excluding carboxylic acids is 1. The summed E-state index contributed by atoms with van der Waals surface area (Å²) >= 11 is 6.67. The van der Waals surface area contributed by atoms with Gasteiger partial charge in [-0.15, -0.1) is 0 Å². The number of carbonyl (C=O) groups is 1. The van der Waals surface area contributed by atoms with Crippen molar-refractivity contribution in [3.8, 4) is 16.9 Å². The van der Waals surface area contributed by atoms with E-state index < -0.39 is 47.5 Å². The molecule has 0 saturated heterocycles. The Balaban J connectivity index is 1.17. The summed E-state index contributed by atoms with van der Waals surface area (Å²) in [6.45, 7) is 0.991. The summed E-state index contributed by atoms with van der Waals surface area (Å²) in [5, 5.41) is 48.8. The molecule has 2 aliphatic rings. The highest BCUT2D eigenvalue weighted by Gasteiger charge is 2.45. The van der Waals surface area contributed by atoms with Gasteiger partial charge in [0.15, 0.2) is 0 Å². The lowest BCUT2D eigenvalue weighted by Crippen LogP contribution is -2.45. The van der Waals surface area contributed by atoms with Crippen molar-refractivity contribution in [1.82, 2.24) is 9.29 Å². The standard InChI is InChI=1S/C40H53ClN2O9S/c1-2-43(21-7-3-4-8-29(46)22-28(25-44)38(48)39(49)36(47)26-45)53(50,51)31-13-14-35(41)27(23-31)15-17-40(18-19-40)34-24-42-20-16-32(34)33-9-5-6-10-37(33)52-30-11-12-30/h5-6,9-10,13-14,16,20,23-24,28,30,36,38-39,44-45,47-49H,2-4,7-8,11-12,15,17-19,21-22,25-26H2,1H3/t28-,36+,38+,39+/m0/s1. The second-order valence-electron chi connectivity index (χ2n) is 14.5. The number of ketones is 1. The fourth-order valence-electron chi connectivity index (χ4n) is 6.98. The molecule has 3 aromatic rings. The highest BCUT2D eigenvalue weighted by atomic mass is 35.5. The number of unbranched alkanes of at least 4 members (excludes halogenated alkanes) is 2. The third kappa shape index (κ3) is 10.4. The maximum absolute atomic E-state index is 13.8. The fourth-order valence-corrected chi connectivity index (χ4v) is 8.73. The van der Waals surface area contributed by atoms with Crippen LogP contribution in [0.2, 0.25) is 5.02 Å². The molecule has 5 rings (SSSR count). The lowest BCUT2D eigenvalue weighted by atomic mass is 9.85. The van der Waals surface area contributed by atoms with E-state index in [-0.39, 0.29) is 48.1 Å². The number of aliphatic hydroxyl groups is 5. The van der Waals surface area contributed by atoms with E-state index in [0.29, 0.717) is 30.7 Å². The predicted octanol–water partition coefficient (Wildman–Crippen LogP) is 4.82. The third-order valence-corrected chi connectivity index (χ3v) is 13.0. The van der Waals surface area contributed by atoms with Gasteiger partial charge in [0.05, 0.1) is 23.7 Å². The van der Waals surface area contributed by atoms with Crippen molar-refractivity contribution in [1.29, 1.82) is 0 Å². The second-order valence-corrected chi connectivity index (χ2v) is 16.8. The zero-order valence-corrected chi connectivity index (χ0v) is 31.9. The molecular weight excluding hydrogens is 720 g/mol. The first-order valence-corrected chi connectivity index (χ1v) is 20.5. The Hall–Kier alpha value is -2.94. The first kappa shape index (κ1) is 41.2. The zero-order valence-electron chi connectivity index (χ0n) is 30.3. The SMILES string of the molecule is CCN(CCCCCC(=O)C[C@@H](CO)[C@@H](O)[C@H](O)[C@H](O)CO)S(=O)(=O)c1ccc(Cl)c(CCC2(c3cnccc3-c3ccccc3OC3CC3)CC2)c1. The Bertz CT molecular complexity index is 1780. The first-order chi connectivity index (χ1) is 25.4. The summed E-state index contributed by atoms with van der Waals surface area (Å²) in [6.07, 6.45) is 6.29. The van der Waals surface area contributed by atoms with Crippen molar-refractivity contribution in [3.05, 3.63) is 77.1 Å². The van der Waals surface area contributed by atoms with Gasteiger partial charge in [0.2, 0.25) is 10.0 Å². The highest BCUT2D eigenvalue weighted by molar-refractivity contribution is 7.89. The number of hydrogen-bond donors (Lipinski definition) is 5. The van der Waals surface area contributed by atoms with Gasteiger partial charge in [-0.2, -0.15) is 4.31 Å².